The topological polar surface area (TPSA) is 42.2 Å². The number of hydrogen-bond donors (Lipinski definition) is 1. The Kier molecular flexibility index (Phi) is 4.48. The molecule has 20 heavy (non-hydrogen) atoms. The Bertz CT molecular complexity index is 625. The van der Waals surface area contributed by atoms with Crippen LogP contribution in [-0.4, -0.2) is 15.6 Å². The van der Waals surface area contributed by atoms with E-state index in [2.05, 4.69) is 24.6 Å². The minimum atomic E-state index is -0.843. The maximum absolute atomic E-state index is 11.3. The van der Waals surface area contributed by atoms with Crippen molar-refractivity contribution in [3.8, 4) is 0 Å². The molecule has 2 aromatic rings. The van der Waals surface area contributed by atoms with Crippen LogP contribution in [0, 0.1) is 6.92 Å². The summed E-state index contributed by atoms with van der Waals surface area (Å²) in [5, 5.41) is 10.5. The molecule has 0 amide bonds. The van der Waals surface area contributed by atoms with E-state index in [1.165, 1.54) is 10.9 Å². The number of aromatic nitrogens is 1. The van der Waals surface area contributed by atoms with Crippen LogP contribution in [0.4, 0.5) is 0 Å². The van der Waals surface area contributed by atoms with Crippen LogP contribution < -0.4 is 0 Å². The van der Waals surface area contributed by atoms with Crippen molar-refractivity contribution >= 4 is 16.9 Å². The average molecular weight is 273 g/mol. The van der Waals surface area contributed by atoms with Gasteiger partial charge in [0, 0.05) is 23.6 Å². The van der Waals surface area contributed by atoms with Crippen LogP contribution in [0.5, 0.6) is 0 Å². The van der Waals surface area contributed by atoms with E-state index in [9.17, 15) is 9.90 Å². The number of carbonyl (C=O) groups is 1. The first-order chi connectivity index (χ1) is 9.58. The molecule has 0 atom stereocenters. The molecule has 1 aromatic carbocycles. The zero-order chi connectivity index (χ0) is 14.7. The van der Waals surface area contributed by atoms with E-state index < -0.39 is 5.97 Å². The first-order valence-electron chi connectivity index (χ1n) is 7.44. The number of fused-ring (bicyclic) bond motifs is 1. The fraction of sp³-hybridized carbons (Fsp3) is 0.471. The van der Waals surface area contributed by atoms with Crippen LogP contribution >= 0.6 is 0 Å². The minimum absolute atomic E-state index is 0.413. The third kappa shape index (κ3) is 2.72. The van der Waals surface area contributed by atoms with Crippen molar-refractivity contribution in [1.29, 1.82) is 0 Å². The standard InChI is InChI=1S/C17H23NO2/c1-4-6-8-18-11-13(7-5-2)15-9-12(3)14(17(19)20)10-16(15)18/h9-11H,4-8H2,1-3H3,(H,19,20). The molecule has 0 aliphatic rings. The van der Waals surface area contributed by atoms with Gasteiger partial charge in [-0.2, -0.15) is 0 Å². The quantitative estimate of drug-likeness (QED) is 0.847. The van der Waals surface area contributed by atoms with Gasteiger partial charge in [-0.05, 0) is 43.0 Å². The largest absolute Gasteiger partial charge is 0.478 e. The monoisotopic (exact) mass is 273 g/mol. The number of carboxylic acid groups (broad SMARTS) is 1. The maximum Gasteiger partial charge on any atom is 0.336 e. The summed E-state index contributed by atoms with van der Waals surface area (Å²) < 4.78 is 2.22. The van der Waals surface area contributed by atoms with Gasteiger partial charge in [0.15, 0.2) is 0 Å². The lowest BCUT2D eigenvalue weighted by Crippen LogP contribution is -2.01. The Hall–Kier alpha value is -1.77. The normalized spacial score (nSPS) is 11.2. The van der Waals surface area contributed by atoms with E-state index in [1.807, 2.05) is 19.1 Å². The molecule has 0 aliphatic heterocycles. The van der Waals surface area contributed by atoms with Crippen molar-refractivity contribution in [2.45, 2.75) is 53.0 Å². The first kappa shape index (κ1) is 14.6. The molecule has 0 unspecified atom stereocenters. The Morgan fingerprint density at radius 2 is 2.00 bits per heavy atom. The number of benzene rings is 1. The second-order valence-electron chi connectivity index (χ2n) is 5.44. The third-order valence-corrected chi connectivity index (χ3v) is 3.81. The predicted octanol–water partition coefficient (Wildman–Crippen LogP) is 4.40. The molecule has 0 fully saturated rings. The molecule has 0 radical (unpaired) electrons. The molecule has 3 heteroatoms. The molecular formula is C17H23NO2. The van der Waals surface area contributed by atoms with Gasteiger partial charge in [0.05, 0.1) is 5.56 Å². The highest BCUT2D eigenvalue weighted by atomic mass is 16.4. The van der Waals surface area contributed by atoms with Crippen LogP contribution in [0.3, 0.4) is 0 Å². The van der Waals surface area contributed by atoms with E-state index in [0.29, 0.717) is 5.56 Å². The van der Waals surface area contributed by atoms with Crippen LogP contribution in [-0.2, 0) is 13.0 Å². The zero-order valence-corrected chi connectivity index (χ0v) is 12.6. The summed E-state index contributed by atoms with van der Waals surface area (Å²) in [6.45, 7) is 7.18. The summed E-state index contributed by atoms with van der Waals surface area (Å²) in [7, 11) is 0. The highest BCUT2D eigenvalue weighted by molar-refractivity contribution is 5.96. The van der Waals surface area contributed by atoms with Gasteiger partial charge in [-0.1, -0.05) is 26.7 Å². The van der Waals surface area contributed by atoms with E-state index >= 15 is 0 Å². The molecule has 1 heterocycles. The van der Waals surface area contributed by atoms with Crippen LogP contribution in [0.25, 0.3) is 10.9 Å². The summed E-state index contributed by atoms with van der Waals surface area (Å²) in [4.78, 5) is 11.3. The van der Waals surface area contributed by atoms with Crippen molar-refractivity contribution in [1.82, 2.24) is 4.57 Å². The Labute approximate surface area is 120 Å². The Morgan fingerprint density at radius 1 is 1.25 bits per heavy atom. The second kappa shape index (κ2) is 6.12. The van der Waals surface area contributed by atoms with Crippen LogP contribution in [0.1, 0.15) is 54.6 Å². The van der Waals surface area contributed by atoms with Gasteiger partial charge in [0.25, 0.3) is 0 Å². The predicted molar refractivity (Wildman–Crippen MR) is 82.5 cm³/mol. The first-order valence-corrected chi connectivity index (χ1v) is 7.44. The summed E-state index contributed by atoms with van der Waals surface area (Å²) in [6.07, 6.45) is 6.61. The number of rotatable bonds is 6. The molecule has 0 aliphatic carbocycles. The van der Waals surface area contributed by atoms with Gasteiger partial charge in [-0.3, -0.25) is 0 Å². The highest BCUT2D eigenvalue weighted by Crippen LogP contribution is 2.27. The number of carboxylic acids is 1. The number of aryl methyl sites for hydroxylation is 3. The maximum atomic E-state index is 11.3. The fourth-order valence-electron chi connectivity index (χ4n) is 2.73. The summed E-state index contributed by atoms with van der Waals surface area (Å²) in [6, 6.07) is 3.87. The Balaban J connectivity index is 2.60. The Morgan fingerprint density at radius 3 is 2.60 bits per heavy atom. The van der Waals surface area contributed by atoms with Gasteiger partial charge in [0.1, 0.15) is 0 Å². The summed E-state index contributed by atoms with van der Waals surface area (Å²) in [5.74, 6) is -0.843. The average Bonchev–Trinajstić information content (AvgIpc) is 2.73. The van der Waals surface area contributed by atoms with Gasteiger partial charge < -0.3 is 9.67 Å². The van der Waals surface area contributed by atoms with Crippen molar-refractivity contribution in [2.75, 3.05) is 0 Å². The lowest BCUT2D eigenvalue weighted by Gasteiger charge is -2.06. The van der Waals surface area contributed by atoms with Gasteiger partial charge in [0.2, 0.25) is 0 Å². The molecule has 0 saturated carbocycles. The summed E-state index contributed by atoms with van der Waals surface area (Å²) in [5.41, 5.74) is 3.65. The molecular weight excluding hydrogens is 250 g/mol. The van der Waals surface area contributed by atoms with E-state index in [1.54, 1.807) is 0 Å². The third-order valence-electron chi connectivity index (χ3n) is 3.81. The molecule has 0 saturated heterocycles. The van der Waals surface area contributed by atoms with Gasteiger partial charge >= 0.3 is 5.97 Å². The highest BCUT2D eigenvalue weighted by Gasteiger charge is 2.14. The smallest absolute Gasteiger partial charge is 0.336 e. The molecule has 1 aromatic heterocycles. The van der Waals surface area contributed by atoms with E-state index in [4.69, 9.17) is 0 Å². The van der Waals surface area contributed by atoms with E-state index in [0.717, 1.165) is 43.3 Å². The molecule has 0 spiro atoms. The van der Waals surface area contributed by atoms with Crippen molar-refractivity contribution in [3.05, 3.63) is 35.0 Å². The lowest BCUT2D eigenvalue weighted by atomic mass is 10.0. The number of unbranched alkanes of at least 4 members (excludes halogenated alkanes) is 1. The molecule has 0 bridgehead atoms. The van der Waals surface area contributed by atoms with Crippen LogP contribution in [0.2, 0.25) is 0 Å². The van der Waals surface area contributed by atoms with Crippen LogP contribution in [0.15, 0.2) is 18.3 Å². The van der Waals surface area contributed by atoms with Crippen molar-refractivity contribution < 1.29 is 9.90 Å². The number of aromatic carboxylic acids is 1. The second-order valence-corrected chi connectivity index (χ2v) is 5.44. The molecule has 108 valence electrons. The zero-order valence-electron chi connectivity index (χ0n) is 12.6. The van der Waals surface area contributed by atoms with Gasteiger partial charge in [-0.25, -0.2) is 4.79 Å². The lowest BCUT2D eigenvalue weighted by molar-refractivity contribution is 0.0696. The minimum Gasteiger partial charge on any atom is -0.478 e. The number of nitrogens with zero attached hydrogens (tertiary/aromatic N) is 1. The molecule has 2 rings (SSSR count). The van der Waals surface area contributed by atoms with E-state index in [-0.39, 0.29) is 0 Å². The molecule has 1 N–H and O–H groups in total. The molecule has 3 nitrogen and oxygen atoms in total. The van der Waals surface area contributed by atoms with Crippen molar-refractivity contribution in [3.63, 3.8) is 0 Å². The SMILES string of the molecule is CCCCn1cc(CCC)c2cc(C)c(C(=O)O)cc21. The van der Waals surface area contributed by atoms with Crippen molar-refractivity contribution in [2.24, 2.45) is 0 Å². The number of hydrogen-bond acceptors (Lipinski definition) is 1. The fourth-order valence-corrected chi connectivity index (χ4v) is 2.73. The summed E-state index contributed by atoms with van der Waals surface area (Å²) >= 11 is 0. The van der Waals surface area contributed by atoms with Gasteiger partial charge in [-0.15, -0.1) is 0 Å².